The van der Waals surface area contributed by atoms with Gasteiger partial charge in [0.15, 0.2) is 0 Å². The normalized spacial score (nSPS) is 20.9. The standard InChI is InChI=1S/C19H24F3N3O2/c20-19(21,22)13-4-3-10-25(12-13)11-9-17(26)24-16-6-2-1-5-15(16)18(27)23-14-7-8-14/h1-2,5-6,13-14H,3-4,7-12H2,(H,23,27)(H,24,26). The maximum absolute atomic E-state index is 12.9. The van der Waals surface area contributed by atoms with Gasteiger partial charge in [-0.3, -0.25) is 9.59 Å². The molecule has 148 valence electrons. The van der Waals surface area contributed by atoms with Crippen LogP contribution < -0.4 is 10.6 Å². The van der Waals surface area contributed by atoms with Crippen molar-refractivity contribution < 1.29 is 22.8 Å². The molecule has 3 rings (SSSR count). The van der Waals surface area contributed by atoms with E-state index in [0.29, 0.717) is 24.2 Å². The average Bonchev–Trinajstić information content (AvgIpc) is 3.44. The Balaban J connectivity index is 1.51. The average molecular weight is 383 g/mol. The first-order chi connectivity index (χ1) is 12.8. The van der Waals surface area contributed by atoms with Crippen molar-refractivity contribution in [2.24, 2.45) is 5.92 Å². The van der Waals surface area contributed by atoms with E-state index >= 15 is 0 Å². The second kappa shape index (κ2) is 8.29. The first kappa shape index (κ1) is 19.7. The smallest absolute Gasteiger partial charge is 0.349 e. The van der Waals surface area contributed by atoms with Crippen LogP contribution in [0.15, 0.2) is 24.3 Å². The second-order valence-electron chi connectivity index (χ2n) is 7.27. The number of para-hydroxylation sites is 1. The van der Waals surface area contributed by atoms with Gasteiger partial charge in [-0.15, -0.1) is 0 Å². The molecule has 0 aromatic heterocycles. The van der Waals surface area contributed by atoms with Gasteiger partial charge in [-0.25, -0.2) is 0 Å². The van der Waals surface area contributed by atoms with Gasteiger partial charge in [0, 0.05) is 25.6 Å². The van der Waals surface area contributed by atoms with Crippen LogP contribution in [0.1, 0.15) is 42.5 Å². The van der Waals surface area contributed by atoms with Crippen molar-refractivity contribution >= 4 is 17.5 Å². The zero-order chi connectivity index (χ0) is 19.4. The summed E-state index contributed by atoms with van der Waals surface area (Å²) in [5.74, 6) is -1.85. The molecule has 8 heteroatoms. The number of carbonyl (C=O) groups excluding carboxylic acids is 2. The van der Waals surface area contributed by atoms with E-state index in [2.05, 4.69) is 10.6 Å². The number of halogens is 3. The van der Waals surface area contributed by atoms with Crippen LogP contribution in [0, 0.1) is 5.92 Å². The van der Waals surface area contributed by atoms with Crippen molar-refractivity contribution in [2.45, 2.75) is 44.3 Å². The van der Waals surface area contributed by atoms with Gasteiger partial charge in [-0.1, -0.05) is 12.1 Å². The van der Waals surface area contributed by atoms with E-state index in [1.54, 1.807) is 29.2 Å². The minimum absolute atomic E-state index is 0.0584. The fourth-order valence-corrected chi connectivity index (χ4v) is 3.28. The van der Waals surface area contributed by atoms with Crippen LogP contribution in [0.2, 0.25) is 0 Å². The minimum atomic E-state index is -4.19. The van der Waals surface area contributed by atoms with Crippen molar-refractivity contribution in [3.8, 4) is 0 Å². The maximum Gasteiger partial charge on any atom is 0.393 e. The number of hydrogen-bond donors (Lipinski definition) is 2. The summed E-state index contributed by atoms with van der Waals surface area (Å²) in [7, 11) is 0. The summed E-state index contributed by atoms with van der Waals surface area (Å²) in [5.41, 5.74) is 0.820. The first-order valence-electron chi connectivity index (χ1n) is 9.32. The number of amides is 2. The van der Waals surface area contributed by atoms with Gasteiger partial charge in [0.2, 0.25) is 5.91 Å². The van der Waals surface area contributed by atoms with Gasteiger partial charge in [0.05, 0.1) is 17.2 Å². The van der Waals surface area contributed by atoms with Gasteiger partial charge in [0.25, 0.3) is 5.91 Å². The summed E-state index contributed by atoms with van der Waals surface area (Å²) in [6.45, 7) is 0.784. The molecular weight excluding hydrogens is 359 g/mol. The highest BCUT2D eigenvalue weighted by Crippen LogP contribution is 2.33. The summed E-state index contributed by atoms with van der Waals surface area (Å²) in [6.07, 6.45) is -1.53. The molecule has 1 aromatic rings. The lowest BCUT2D eigenvalue weighted by Crippen LogP contribution is -2.42. The van der Waals surface area contributed by atoms with Crippen LogP contribution >= 0.6 is 0 Å². The van der Waals surface area contributed by atoms with E-state index < -0.39 is 12.1 Å². The molecule has 1 saturated carbocycles. The zero-order valence-corrected chi connectivity index (χ0v) is 15.0. The first-order valence-corrected chi connectivity index (χ1v) is 9.32. The van der Waals surface area contributed by atoms with Gasteiger partial charge >= 0.3 is 6.18 Å². The van der Waals surface area contributed by atoms with Crippen LogP contribution in [-0.4, -0.2) is 48.6 Å². The van der Waals surface area contributed by atoms with E-state index in [1.165, 1.54) is 0 Å². The Kier molecular flexibility index (Phi) is 6.04. The van der Waals surface area contributed by atoms with E-state index in [4.69, 9.17) is 0 Å². The predicted octanol–water partition coefficient (Wildman–Crippen LogP) is 3.18. The van der Waals surface area contributed by atoms with Crippen molar-refractivity contribution in [2.75, 3.05) is 25.0 Å². The molecule has 1 unspecified atom stereocenters. The predicted molar refractivity (Wildman–Crippen MR) is 95.4 cm³/mol. The summed E-state index contributed by atoms with van der Waals surface area (Å²) < 4.78 is 38.6. The molecule has 2 aliphatic rings. The number of carbonyl (C=O) groups is 2. The number of hydrogen-bond acceptors (Lipinski definition) is 3. The second-order valence-corrected chi connectivity index (χ2v) is 7.27. The number of nitrogens with one attached hydrogen (secondary N) is 2. The summed E-state index contributed by atoms with van der Waals surface area (Å²) >= 11 is 0. The summed E-state index contributed by atoms with van der Waals surface area (Å²) in [4.78, 5) is 26.2. The molecular formula is C19H24F3N3O2. The molecule has 1 aliphatic carbocycles. The molecule has 1 saturated heterocycles. The number of benzene rings is 1. The summed E-state index contributed by atoms with van der Waals surface area (Å²) in [6, 6.07) is 6.96. The quantitative estimate of drug-likeness (QED) is 0.793. The van der Waals surface area contributed by atoms with Gasteiger partial charge < -0.3 is 15.5 Å². The SMILES string of the molecule is O=C(CCN1CCCC(C(F)(F)F)C1)Nc1ccccc1C(=O)NC1CC1. The number of nitrogens with zero attached hydrogens (tertiary/aromatic N) is 1. The Morgan fingerprint density at radius 2 is 1.89 bits per heavy atom. The van der Waals surface area contributed by atoms with E-state index in [0.717, 1.165) is 12.8 Å². The number of likely N-dealkylation sites (tertiary alicyclic amines) is 1. The lowest BCUT2D eigenvalue weighted by atomic mass is 9.97. The van der Waals surface area contributed by atoms with Crippen LogP contribution in [0.4, 0.5) is 18.9 Å². The Labute approximate surface area is 156 Å². The van der Waals surface area contributed by atoms with E-state index in [-0.39, 0.29) is 43.8 Å². The summed E-state index contributed by atoms with van der Waals surface area (Å²) in [5, 5.41) is 5.60. The van der Waals surface area contributed by atoms with Gasteiger partial charge in [0.1, 0.15) is 0 Å². The maximum atomic E-state index is 12.9. The van der Waals surface area contributed by atoms with E-state index in [9.17, 15) is 22.8 Å². The topological polar surface area (TPSA) is 61.4 Å². The lowest BCUT2D eigenvalue weighted by molar-refractivity contribution is -0.186. The molecule has 27 heavy (non-hydrogen) atoms. The van der Waals surface area contributed by atoms with Crippen molar-refractivity contribution in [1.82, 2.24) is 10.2 Å². The van der Waals surface area contributed by atoms with Crippen molar-refractivity contribution in [3.05, 3.63) is 29.8 Å². The molecule has 2 N–H and O–H groups in total. The third kappa shape index (κ3) is 5.69. The number of anilines is 1. The third-order valence-corrected chi connectivity index (χ3v) is 4.98. The number of piperidine rings is 1. The molecule has 0 spiro atoms. The lowest BCUT2D eigenvalue weighted by Gasteiger charge is -2.33. The zero-order valence-electron chi connectivity index (χ0n) is 15.0. The molecule has 0 radical (unpaired) electrons. The highest BCUT2D eigenvalue weighted by Gasteiger charge is 2.41. The highest BCUT2D eigenvalue weighted by atomic mass is 19.4. The molecule has 1 aromatic carbocycles. The fraction of sp³-hybridized carbons (Fsp3) is 0.579. The molecule has 5 nitrogen and oxygen atoms in total. The Morgan fingerprint density at radius 1 is 1.15 bits per heavy atom. The fourth-order valence-electron chi connectivity index (χ4n) is 3.28. The van der Waals surface area contributed by atoms with E-state index in [1.807, 2.05) is 0 Å². The Bertz CT molecular complexity index is 689. The third-order valence-electron chi connectivity index (χ3n) is 4.98. The van der Waals surface area contributed by atoms with Crippen LogP contribution in [-0.2, 0) is 4.79 Å². The number of rotatable bonds is 6. The van der Waals surface area contributed by atoms with Crippen LogP contribution in [0.5, 0.6) is 0 Å². The van der Waals surface area contributed by atoms with Gasteiger partial charge in [-0.2, -0.15) is 13.2 Å². The van der Waals surface area contributed by atoms with Crippen molar-refractivity contribution in [1.29, 1.82) is 0 Å². The van der Waals surface area contributed by atoms with Crippen LogP contribution in [0.25, 0.3) is 0 Å². The van der Waals surface area contributed by atoms with Gasteiger partial charge in [-0.05, 0) is 44.4 Å². The molecule has 2 amide bonds. The molecule has 2 fully saturated rings. The molecule has 1 aliphatic heterocycles. The molecule has 1 atom stereocenters. The monoisotopic (exact) mass is 383 g/mol. The van der Waals surface area contributed by atoms with Crippen LogP contribution in [0.3, 0.4) is 0 Å². The Hall–Kier alpha value is -2.09. The highest BCUT2D eigenvalue weighted by molar-refractivity contribution is 6.03. The Morgan fingerprint density at radius 3 is 2.59 bits per heavy atom. The molecule has 1 heterocycles. The minimum Gasteiger partial charge on any atom is -0.349 e. The number of alkyl halides is 3. The largest absolute Gasteiger partial charge is 0.393 e. The molecule has 0 bridgehead atoms. The van der Waals surface area contributed by atoms with Crippen molar-refractivity contribution in [3.63, 3.8) is 0 Å².